The molecule has 0 unspecified atom stereocenters. The average Bonchev–Trinajstić information content (AvgIpc) is 3.30. The topological polar surface area (TPSA) is 72.2 Å². The molecule has 1 fully saturated rings. The Morgan fingerprint density at radius 1 is 1.16 bits per heavy atom. The van der Waals surface area contributed by atoms with Gasteiger partial charge in [0.05, 0.1) is 12.0 Å². The van der Waals surface area contributed by atoms with Crippen molar-refractivity contribution in [3.63, 3.8) is 0 Å². The molecule has 0 spiro atoms. The SMILES string of the molecule is NC(=O)c1ccc(C#CCNC(=O)C2(c3cccs3)CCCC2)cc1. The lowest BCUT2D eigenvalue weighted by molar-refractivity contribution is -0.126. The van der Waals surface area contributed by atoms with Gasteiger partial charge in [0, 0.05) is 16.0 Å². The van der Waals surface area contributed by atoms with Crippen LogP contribution >= 0.6 is 11.3 Å². The summed E-state index contributed by atoms with van der Waals surface area (Å²) in [6, 6.07) is 10.9. The molecule has 2 amide bonds. The van der Waals surface area contributed by atoms with E-state index >= 15 is 0 Å². The summed E-state index contributed by atoms with van der Waals surface area (Å²) in [4.78, 5) is 25.0. The van der Waals surface area contributed by atoms with Crippen LogP contribution in [0.3, 0.4) is 0 Å². The average molecular weight is 352 g/mol. The zero-order valence-corrected chi connectivity index (χ0v) is 14.7. The standard InChI is InChI=1S/C20H20N2O2S/c21-18(23)16-9-7-15(8-10-16)5-3-13-22-19(24)20(11-1-2-12-20)17-6-4-14-25-17/h4,6-10,14H,1-2,11-13H2,(H2,21,23)(H,22,24). The fourth-order valence-electron chi connectivity index (χ4n) is 3.27. The Kier molecular flexibility index (Phi) is 5.20. The van der Waals surface area contributed by atoms with Crippen LogP contribution in [0.5, 0.6) is 0 Å². The Balaban J connectivity index is 1.62. The maximum absolute atomic E-state index is 12.8. The van der Waals surface area contributed by atoms with Crippen LogP contribution in [-0.2, 0) is 10.2 Å². The van der Waals surface area contributed by atoms with E-state index < -0.39 is 5.91 Å². The van der Waals surface area contributed by atoms with Crippen molar-refractivity contribution in [3.8, 4) is 11.8 Å². The molecule has 0 atom stereocenters. The van der Waals surface area contributed by atoms with Crippen molar-refractivity contribution in [2.45, 2.75) is 31.1 Å². The van der Waals surface area contributed by atoms with E-state index in [-0.39, 0.29) is 11.3 Å². The van der Waals surface area contributed by atoms with E-state index in [2.05, 4.69) is 23.2 Å². The number of rotatable bonds is 4. The summed E-state index contributed by atoms with van der Waals surface area (Å²) in [6.07, 6.45) is 3.98. The van der Waals surface area contributed by atoms with Crippen LogP contribution in [0.15, 0.2) is 41.8 Å². The maximum Gasteiger partial charge on any atom is 0.248 e. The molecule has 5 heteroatoms. The second kappa shape index (κ2) is 7.54. The van der Waals surface area contributed by atoms with Gasteiger partial charge in [-0.1, -0.05) is 30.7 Å². The smallest absolute Gasteiger partial charge is 0.248 e. The van der Waals surface area contributed by atoms with Gasteiger partial charge < -0.3 is 11.1 Å². The minimum absolute atomic E-state index is 0.0748. The van der Waals surface area contributed by atoms with Gasteiger partial charge in [0.1, 0.15) is 0 Å². The third-order valence-corrected chi connectivity index (χ3v) is 5.70. The molecular weight excluding hydrogens is 332 g/mol. The fourth-order valence-corrected chi connectivity index (χ4v) is 4.26. The van der Waals surface area contributed by atoms with Crippen LogP contribution in [0.2, 0.25) is 0 Å². The van der Waals surface area contributed by atoms with E-state index in [1.165, 1.54) is 0 Å². The van der Waals surface area contributed by atoms with Gasteiger partial charge in [0.25, 0.3) is 0 Å². The second-order valence-corrected chi connectivity index (χ2v) is 7.14. The lowest BCUT2D eigenvalue weighted by atomic mass is 9.83. The van der Waals surface area contributed by atoms with E-state index in [0.29, 0.717) is 12.1 Å². The van der Waals surface area contributed by atoms with Crippen LogP contribution < -0.4 is 11.1 Å². The van der Waals surface area contributed by atoms with Crippen LogP contribution in [0.4, 0.5) is 0 Å². The number of carbonyl (C=O) groups is 2. The van der Waals surface area contributed by atoms with Gasteiger partial charge >= 0.3 is 0 Å². The van der Waals surface area contributed by atoms with Gasteiger partial charge in [-0.15, -0.1) is 11.3 Å². The summed E-state index contributed by atoms with van der Waals surface area (Å²) in [5.74, 6) is 5.58. The molecule has 1 aliphatic rings. The van der Waals surface area contributed by atoms with Crippen molar-refractivity contribution in [2.24, 2.45) is 5.73 Å². The van der Waals surface area contributed by atoms with Crippen molar-refractivity contribution in [1.29, 1.82) is 0 Å². The van der Waals surface area contributed by atoms with Crippen LogP contribution in [0, 0.1) is 11.8 Å². The molecule has 0 bridgehead atoms. The Hall–Kier alpha value is -2.58. The van der Waals surface area contributed by atoms with Gasteiger partial charge in [0.2, 0.25) is 11.8 Å². The molecule has 1 saturated carbocycles. The highest BCUT2D eigenvalue weighted by Gasteiger charge is 2.43. The van der Waals surface area contributed by atoms with E-state index in [1.54, 1.807) is 35.6 Å². The molecule has 1 aromatic heterocycles. The molecule has 25 heavy (non-hydrogen) atoms. The number of benzene rings is 1. The first-order chi connectivity index (χ1) is 12.1. The highest BCUT2D eigenvalue weighted by atomic mass is 32.1. The fraction of sp³-hybridized carbons (Fsp3) is 0.300. The first-order valence-corrected chi connectivity index (χ1v) is 9.21. The van der Waals surface area contributed by atoms with Crippen LogP contribution in [-0.4, -0.2) is 18.4 Å². The van der Waals surface area contributed by atoms with Gasteiger partial charge in [-0.05, 0) is 48.6 Å². The minimum Gasteiger partial charge on any atom is -0.366 e. The molecule has 3 rings (SSSR count). The quantitative estimate of drug-likeness (QED) is 0.831. The number of thiophene rings is 1. The van der Waals surface area contributed by atoms with E-state index in [4.69, 9.17) is 5.73 Å². The van der Waals surface area contributed by atoms with Gasteiger partial charge in [-0.3, -0.25) is 9.59 Å². The van der Waals surface area contributed by atoms with Crippen LogP contribution in [0.25, 0.3) is 0 Å². The highest BCUT2D eigenvalue weighted by molar-refractivity contribution is 7.10. The molecule has 2 aromatic rings. The first-order valence-electron chi connectivity index (χ1n) is 8.33. The number of hydrogen-bond acceptors (Lipinski definition) is 3. The minimum atomic E-state index is -0.456. The molecule has 0 aliphatic heterocycles. The third-order valence-electron chi connectivity index (χ3n) is 4.62. The number of nitrogens with two attached hydrogens (primary N) is 1. The van der Waals surface area contributed by atoms with E-state index in [0.717, 1.165) is 36.1 Å². The molecule has 4 nitrogen and oxygen atoms in total. The largest absolute Gasteiger partial charge is 0.366 e. The van der Waals surface area contributed by atoms with E-state index in [9.17, 15) is 9.59 Å². The molecule has 3 N–H and O–H groups in total. The second-order valence-electron chi connectivity index (χ2n) is 6.19. The van der Waals surface area contributed by atoms with Gasteiger partial charge in [0.15, 0.2) is 0 Å². The molecule has 128 valence electrons. The van der Waals surface area contributed by atoms with Crippen molar-refractivity contribution < 1.29 is 9.59 Å². The summed E-state index contributed by atoms with van der Waals surface area (Å²) >= 11 is 1.65. The summed E-state index contributed by atoms with van der Waals surface area (Å²) in [5.41, 5.74) is 6.08. The zero-order chi connectivity index (χ0) is 17.7. The first kappa shape index (κ1) is 17.2. The number of hydrogen-bond donors (Lipinski definition) is 2. The van der Waals surface area contributed by atoms with Crippen molar-refractivity contribution in [3.05, 3.63) is 57.8 Å². The van der Waals surface area contributed by atoms with Gasteiger partial charge in [-0.25, -0.2) is 0 Å². The third kappa shape index (κ3) is 3.75. The predicted molar refractivity (Wildman–Crippen MR) is 99.3 cm³/mol. The Morgan fingerprint density at radius 2 is 1.88 bits per heavy atom. The summed E-state index contributed by atoms with van der Waals surface area (Å²) in [7, 11) is 0. The summed E-state index contributed by atoms with van der Waals surface area (Å²) in [5, 5.41) is 5.00. The van der Waals surface area contributed by atoms with Crippen molar-refractivity contribution in [1.82, 2.24) is 5.32 Å². The number of carbonyl (C=O) groups excluding carboxylic acids is 2. The maximum atomic E-state index is 12.8. The molecule has 1 aliphatic carbocycles. The molecule has 0 saturated heterocycles. The number of primary amides is 1. The van der Waals surface area contributed by atoms with Crippen molar-refractivity contribution >= 4 is 23.2 Å². The summed E-state index contributed by atoms with van der Waals surface area (Å²) < 4.78 is 0. The van der Waals surface area contributed by atoms with E-state index in [1.807, 2.05) is 11.4 Å². The zero-order valence-electron chi connectivity index (χ0n) is 13.9. The molecule has 1 aromatic carbocycles. The normalized spacial score (nSPS) is 15.2. The Labute approximate surface area is 151 Å². The number of nitrogens with one attached hydrogen (secondary N) is 1. The van der Waals surface area contributed by atoms with Crippen molar-refractivity contribution in [2.75, 3.05) is 6.54 Å². The highest BCUT2D eigenvalue weighted by Crippen LogP contribution is 2.43. The van der Waals surface area contributed by atoms with Gasteiger partial charge in [-0.2, -0.15) is 0 Å². The lowest BCUT2D eigenvalue weighted by Crippen LogP contribution is -2.42. The lowest BCUT2D eigenvalue weighted by Gasteiger charge is -2.26. The molecule has 1 heterocycles. The van der Waals surface area contributed by atoms with Crippen LogP contribution in [0.1, 0.15) is 46.5 Å². The predicted octanol–water partition coefficient (Wildman–Crippen LogP) is 2.83. The molecular formula is C20H20N2O2S. The Bertz CT molecular complexity index is 808. The molecule has 0 radical (unpaired) electrons. The number of amides is 2. The summed E-state index contributed by atoms with van der Waals surface area (Å²) in [6.45, 7) is 0.309. The monoisotopic (exact) mass is 352 g/mol. The Morgan fingerprint density at radius 3 is 2.48 bits per heavy atom.